The van der Waals surface area contributed by atoms with Crippen LogP contribution < -0.4 is 5.32 Å². The second-order valence-electron chi connectivity index (χ2n) is 4.54. The Morgan fingerprint density at radius 3 is 2.20 bits per heavy atom. The number of hydrogen-bond donors (Lipinski definition) is 1. The first-order chi connectivity index (χ1) is 9.27. The number of halogens is 3. The topological polar surface area (TPSA) is 46.2 Å². The third-order valence-corrected chi connectivity index (χ3v) is 4.29. The van der Waals surface area contributed by atoms with Gasteiger partial charge in [0.2, 0.25) is 0 Å². The summed E-state index contributed by atoms with van der Waals surface area (Å²) in [4.78, 5) is 23.9. The molecule has 3 nitrogen and oxygen atoms in total. The van der Waals surface area contributed by atoms with Crippen molar-refractivity contribution in [2.75, 3.05) is 0 Å². The van der Waals surface area contributed by atoms with Crippen LogP contribution in [0.1, 0.15) is 36.2 Å². The number of Topliss-reactive ketones (excluding diaryl/α,β-unsaturated/α-hetero) is 1. The van der Waals surface area contributed by atoms with Crippen LogP contribution in [0.5, 0.6) is 0 Å². The summed E-state index contributed by atoms with van der Waals surface area (Å²) in [5, 5.41) is 2.81. The van der Waals surface area contributed by atoms with Gasteiger partial charge in [0.15, 0.2) is 5.78 Å². The minimum absolute atomic E-state index is 0.216. The third-order valence-electron chi connectivity index (χ3n) is 2.98. The quantitative estimate of drug-likeness (QED) is 0.826. The van der Waals surface area contributed by atoms with Crippen molar-refractivity contribution in [1.82, 2.24) is 5.32 Å². The summed E-state index contributed by atoms with van der Waals surface area (Å²) in [5.74, 6) is -0.624. The lowest BCUT2D eigenvalue weighted by Gasteiger charge is -2.16. The average Bonchev–Trinajstić information content (AvgIpc) is 2.42. The average molecular weight is 337 g/mol. The molecule has 0 bridgehead atoms. The summed E-state index contributed by atoms with van der Waals surface area (Å²) < 4.78 is 0. The van der Waals surface area contributed by atoms with Gasteiger partial charge in [-0.15, -0.1) is 11.6 Å². The van der Waals surface area contributed by atoms with Gasteiger partial charge in [-0.25, -0.2) is 0 Å². The van der Waals surface area contributed by atoms with Crippen molar-refractivity contribution >= 4 is 46.5 Å². The van der Waals surface area contributed by atoms with Gasteiger partial charge in [-0.1, -0.05) is 30.1 Å². The summed E-state index contributed by atoms with van der Waals surface area (Å²) in [6.07, 6.45) is 0.517. The van der Waals surface area contributed by atoms with Gasteiger partial charge in [-0.05, 0) is 38.0 Å². The summed E-state index contributed by atoms with van der Waals surface area (Å²) in [5.41, 5.74) is 1.02. The monoisotopic (exact) mass is 335 g/mol. The SMILES string of the molecule is CCC(Cl)C(=O)C(C)NC(=O)c1cc(Cl)c(C)c(Cl)c1. The van der Waals surface area contributed by atoms with Gasteiger partial charge in [-0.3, -0.25) is 9.59 Å². The van der Waals surface area contributed by atoms with E-state index in [9.17, 15) is 9.59 Å². The molecule has 1 rings (SSSR count). The molecule has 0 aliphatic carbocycles. The Hall–Kier alpha value is -0.770. The number of alkyl halides is 1. The van der Waals surface area contributed by atoms with Crippen molar-refractivity contribution in [3.8, 4) is 0 Å². The molecular formula is C14H16Cl3NO2. The number of hydrogen-bond acceptors (Lipinski definition) is 2. The standard InChI is InChI=1S/C14H16Cl3NO2/c1-4-10(15)13(19)8(3)18-14(20)9-5-11(16)7(2)12(17)6-9/h5-6,8,10H,4H2,1-3H3,(H,18,20). The van der Waals surface area contributed by atoms with Crippen LogP contribution in [-0.2, 0) is 4.79 Å². The van der Waals surface area contributed by atoms with Gasteiger partial charge in [0.1, 0.15) is 0 Å². The van der Waals surface area contributed by atoms with Gasteiger partial charge in [-0.2, -0.15) is 0 Å². The second-order valence-corrected chi connectivity index (χ2v) is 5.88. The lowest BCUT2D eigenvalue weighted by Crippen LogP contribution is -2.41. The summed E-state index contributed by atoms with van der Waals surface area (Å²) in [6, 6.07) is 2.38. The predicted molar refractivity (Wildman–Crippen MR) is 83.1 cm³/mol. The Labute approximate surface area is 133 Å². The van der Waals surface area contributed by atoms with Crippen LogP contribution in [-0.4, -0.2) is 23.1 Å². The molecule has 1 amide bonds. The van der Waals surface area contributed by atoms with Crippen LogP contribution in [0.2, 0.25) is 10.0 Å². The summed E-state index contributed by atoms with van der Waals surface area (Å²) >= 11 is 17.8. The highest BCUT2D eigenvalue weighted by atomic mass is 35.5. The highest BCUT2D eigenvalue weighted by Gasteiger charge is 2.22. The van der Waals surface area contributed by atoms with Crippen LogP contribution in [0.15, 0.2) is 12.1 Å². The lowest BCUT2D eigenvalue weighted by molar-refractivity contribution is -0.120. The Kier molecular flexibility index (Phi) is 6.31. The zero-order valence-corrected chi connectivity index (χ0v) is 13.7. The number of rotatable bonds is 5. The van der Waals surface area contributed by atoms with E-state index in [0.717, 1.165) is 0 Å². The number of amides is 1. The molecule has 2 atom stereocenters. The molecule has 0 aliphatic heterocycles. The summed E-state index contributed by atoms with van der Waals surface area (Å²) in [6.45, 7) is 5.17. The van der Waals surface area contributed by atoms with Crippen LogP contribution in [0, 0.1) is 6.92 Å². The molecule has 0 saturated carbocycles. The molecule has 0 radical (unpaired) electrons. The van der Waals surface area contributed by atoms with Crippen LogP contribution in [0.4, 0.5) is 0 Å². The maximum Gasteiger partial charge on any atom is 0.251 e. The highest BCUT2D eigenvalue weighted by molar-refractivity contribution is 6.36. The zero-order chi connectivity index (χ0) is 15.4. The van der Waals surface area contributed by atoms with Crippen LogP contribution in [0.25, 0.3) is 0 Å². The molecule has 1 N–H and O–H groups in total. The molecule has 0 heterocycles. The highest BCUT2D eigenvalue weighted by Crippen LogP contribution is 2.25. The molecule has 0 spiro atoms. The first kappa shape index (κ1) is 17.3. The van der Waals surface area contributed by atoms with Crippen molar-refractivity contribution in [3.63, 3.8) is 0 Å². The maximum atomic E-state index is 12.1. The minimum Gasteiger partial charge on any atom is -0.342 e. The summed E-state index contributed by atoms with van der Waals surface area (Å²) in [7, 11) is 0. The Bertz CT molecular complexity index is 508. The zero-order valence-electron chi connectivity index (χ0n) is 11.5. The fourth-order valence-electron chi connectivity index (χ4n) is 1.60. The van der Waals surface area contributed by atoms with E-state index in [4.69, 9.17) is 34.8 Å². The Morgan fingerprint density at radius 2 is 1.75 bits per heavy atom. The molecular weight excluding hydrogens is 321 g/mol. The number of carbonyl (C=O) groups is 2. The normalized spacial score (nSPS) is 13.7. The fraction of sp³-hybridized carbons (Fsp3) is 0.429. The van der Waals surface area contributed by atoms with Gasteiger partial charge < -0.3 is 5.32 Å². The molecule has 6 heteroatoms. The van der Waals surface area contributed by atoms with E-state index in [1.54, 1.807) is 13.8 Å². The lowest BCUT2D eigenvalue weighted by atomic mass is 10.1. The number of nitrogens with one attached hydrogen (secondary N) is 1. The Morgan fingerprint density at radius 1 is 1.25 bits per heavy atom. The van der Waals surface area contributed by atoms with Gasteiger partial charge in [0.25, 0.3) is 5.91 Å². The molecule has 0 fully saturated rings. The van der Waals surface area contributed by atoms with Crippen molar-refractivity contribution in [2.45, 2.75) is 38.6 Å². The van der Waals surface area contributed by atoms with E-state index < -0.39 is 17.3 Å². The second kappa shape index (κ2) is 7.30. The maximum absolute atomic E-state index is 12.1. The smallest absolute Gasteiger partial charge is 0.251 e. The first-order valence-corrected chi connectivity index (χ1v) is 7.41. The number of ketones is 1. The molecule has 110 valence electrons. The van der Waals surface area contributed by atoms with Gasteiger partial charge in [0.05, 0.1) is 11.4 Å². The third kappa shape index (κ3) is 4.11. The van der Waals surface area contributed by atoms with Crippen molar-refractivity contribution < 1.29 is 9.59 Å². The number of benzene rings is 1. The fourth-order valence-corrected chi connectivity index (χ4v) is 2.28. The first-order valence-electron chi connectivity index (χ1n) is 6.22. The van der Waals surface area contributed by atoms with E-state index in [1.165, 1.54) is 12.1 Å². The van der Waals surface area contributed by atoms with Crippen molar-refractivity contribution in [2.24, 2.45) is 0 Å². The van der Waals surface area contributed by atoms with E-state index in [-0.39, 0.29) is 5.78 Å². The van der Waals surface area contributed by atoms with E-state index in [0.29, 0.717) is 27.6 Å². The van der Waals surface area contributed by atoms with Gasteiger partial charge in [0, 0.05) is 15.6 Å². The molecule has 1 aromatic rings. The van der Waals surface area contributed by atoms with Crippen LogP contribution in [0.3, 0.4) is 0 Å². The largest absolute Gasteiger partial charge is 0.342 e. The van der Waals surface area contributed by atoms with E-state index in [2.05, 4.69) is 5.32 Å². The molecule has 0 saturated heterocycles. The van der Waals surface area contributed by atoms with E-state index in [1.807, 2.05) is 6.92 Å². The minimum atomic E-state index is -0.663. The van der Waals surface area contributed by atoms with E-state index >= 15 is 0 Å². The molecule has 1 aromatic carbocycles. The molecule has 2 unspecified atom stereocenters. The molecule has 20 heavy (non-hydrogen) atoms. The van der Waals surface area contributed by atoms with Crippen molar-refractivity contribution in [1.29, 1.82) is 0 Å². The van der Waals surface area contributed by atoms with Crippen LogP contribution >= 0.6 is 34.8 Å². The predicted octanol–water partition coefficient (Wildman–Crippen LogP) is 4.01. The number of carbonyl (C=O) groups excluding carboxylic acids is 2. The molecule has 0 aromatic heterocycles. The molecule has 0 aliphatic rings. The van der Waals surface area contributed by atoms with Crippen molar-refractivity contribution in [3.05, 3.63) is 33.3 Å². The van der Waals surface area contributed by atoms with Gasteiger partial charge >= 0.3 is 0 Å². The Balaban J connectivity index is 2.84.